The second kappa shape index (κ2) is 6.42. The van der Waals surface area contributed by atoms with Crippen molar-refractivity contribution in [2.75, 3.05) is 0 Å². The molecule has 3 saturated carbocycles. The molecule has 3 aliphatic rings. The van der Waals surface area contributed by atoms with Crippen LogP contribution in [0.2, 0.25) is 0 Å². The molecule has 2 bridgehead atoms. The van der Waals surface area contributed by atoms with E-state index in [1.807, 2.05) is 12.1 Å². The van der Waals surface area contributed by atoms with Gasteiger partial charge >= 0.3 is 0 Å². The van der Waals surface area contributed by atoms with Crippen LogP contribution in [-0.4, -0.2) is 28.1 Å². The fourth-order valence-electron chi connectivity index (χ4n) is 5.38. The normalized spacial score (nSPS) is 28.7. The zero-order valence-corrected chi connectivity index (χ0v) is 16.1. The molecule has 7 heteroatoms. The Morgan fingerprint density at radius 1 is 1.17 bits per heavy atom. The van der Waals surface area contributed by atoms with Gasteiger partial charge in [-0.25, -0.2) is 4.98 Å². The quantitative estimate of drug-likeness (QED) is 0.702. The summed E-state index contributed by atoms with van der Waals surface area (Å²) in [6.45, 7) is 0. The second-order valence-electron chi connectivity index (χ2n) is 8.88. The molecular weight excluding hydrogens is 368 g/mol. The third-order valence-corrected chi connectivity index (χ3v) is 6.89. The Kier molecular flexibility index (Phi) is 3.81. The monoisotopic (exact) mass is 392 g/mol. The van der Waals surface area contributed by atoms with Gasteiger partial charge in [0.15, 0.2) is 5.76 Å². The maximum absolute atomic E-state index is 13.5. The number of nitrogens with one attached hydrogen (secondary N) is 1. The molecule has 0 aromatic carbocycles. The topological polar surface area (TPSA) is 107 Å². The van der Waals surface area contributed by atoms with Gasteiger partial charge in [-0.3, -0.25) is 4.79 Å². The van der Waals surface area contributed by atoms with E-state index in [1.165, 1.54) is 0 Å². The highest BCUT2D eigenvalue weighted by Gasteiger charge is 2.43. The average Bonchev–Trinajstić information content (AvgIpc) is 3.13. The van der Waals surface area contributed by atoms with Crippen LogP contribution in [0.3, 0.4) is 0 Å². The molecule has 3 fully saturated rings. The molecule has 2 unspecified atom stereocenters. The lowest BCUT2D eigenvalue weighted by Crippen LogP contribution is -2.48. The molecule has 29 heavy (non-hydrogen) atoms. The molecule has 3 aliphatic carbocycles. The summed E-state index contributed by atoms with van der Waals surface area (Å²) in [4.78, 5) is 18.0. The number of furan rings is 1. The van der Waals surface area contributed by atoms with E-state index in [4.69, 9.17) is 14.7 Å². The molecule has 3 heterocycles. The fraction of sp³-hybridized carbons (Fsp3) is 0.500. The molecule has 0 spiro atoms. The minimum atomic E-state index is -0.0762. The number of hydrogen-bond acceptors (Lipinski definition) is 6. The molecule has 6 rings (SSSR count). The fourth-order valence-corrected chi connectivity index (χ4v) is 5.38. The number of fused-ring (bicyclic) bond motifs is 3. The standard InChI is InChI=1S/C22H24N4O3/c23-14-8-12-5-6-13(9-14)19(12)25-21(27)15-10-16(17-2-1-7-28-17)24-22-18(15)20(26-29-22)11-3-4-11/h1-2,7,10-14,19H,3-6,8-9,23H2,(H,25,27). The summed E-state index contributed by atoms with van der Waals surface area (Å²) in [6, 6.07) is 5.91. The largest absolute Gasteiger partial charge is 0.463 e. The van der Waals surface area contributed by atoms with Gasteiger partial charge < -0.3 is 20.0 Å². The summed E-state index contributed by atoms with van der Waals surface area (Å²) in [6.07, 6.45) is 8.03. The molecule has 0 saturated heterocycles. The number of rotatable bonds is 4. The second-order valence-corrected chi connectivity index (χ2v) is 8.88. The number of carbonyl (C=O) groups excluding carboxylic acids is 1. The van der Waals surface area contributed by atoms with Crippen molar-refractivity contribution in [3.63, 3.8) is 0 Å². The van der Waals surface area contributed by atoms with Crippen molar-refractivity contribution >= 4 is 17.0 Å². The van der Waals surface area contributed by atoms with Crippen LogP contribution < -0.4 is 11.1 Å². The Morgan fingerprint density at radius 3 is 2.66 bits per heavy atom. The van der Waals surface area contributed by atoms with Crippen LogP contribution in [0.25, 0.3) is 22.6 Å². The smallest absolute Gasteiger partial charge is 0.259 e. The average molecular weight is 392 g/mol. The van der Waals surface area contributed by atoms with E-state index in [0.29, 0.717) is 40.5 Å². The third kappa shape index (κ3) is 2.87. The predicted molar refractivity (Wildman–Crippen MR) is 106 cm³/mol. The number of pyridine rings is 1. The zero-order valence-electron chi connectivity index (χ0n) is 16.1. The van der Waals surface area contributed by atoms with Gasteiger partial charge in [0, 0.05) is 18.0 Å². The lowest BCUT2D eigenvalue weighted by molar-refractivity contribution is 0.0897. The van der Waals surface area contributed by atoms with Gasteiger partial charge in [0.05, 0.1) is 22.9 Å². The molecule has 150 valence electrons. The Morgan fingerprint density at radius 2 is 1.97 bits per heavy atom. The minimum absolute atomic E-state index is 0.0762. The van der Waals surface area contributed by atoms with Crippen molar-refractivity contribution in [2.45, 2.75) is 56.5 Å². The maximum atomic E-state index is 13.5. The SMILES string of the molecule is NC1CC2CCC(C1)C2NC(=O)c1cc(-c2ccco2)nc2onc(C3CC3)c12. The van der Waals surface area contributed by atoms with E-state index >= 15 is 0 Å². The summed E-state index contributed by atoms with van der Waals surface area (Å²) >= 11 is 0. The van der Waals surface area contributed by atoms with E-state index in [0.717, 1.165) is 49.6 Å². The molecular formula is C22H24N4O3. The molecule has 3 aromatic heterocycles. The van der Waals surface area contributed by atoms with Gasteiger partial charge in [0.25, 0.3) is 11.6 Å². The lowest BCUT2D eigenvalue weighted by Gasteiger charge is -2.34. The summed E-state index contributed by atoms with van der Waals surface area (Å²) in [5.74, 6) is 1.84. The highest BCUT2D eigenvalue weighted by molar-refractivity contribution is 6.07. The molecule has 0 aliphatic heterocycles. The number of carbonyl (C=O) groups is 1. The first kappa shape index (κ1) is 17.2. The lowest BCUT2D eigenvalue weighted by atomic mass is 9.81. The van der Waals surface area contributed by atoms with Gasteiger partial charge in [-0.15, -0.1) is 0 Å². The van der Waals surface area contributed by atoms with E-state index in [2.05, 4.69) is 15.5 Å². The number of aromatic nitrogens is 2. The van der Waals surface area contributed by atoms with Crippen LogP contribution in [0, 0.1) is 11.8 Å². The van der Waals surface area contributed by atoms with Crippen LogP contribution in [0.15, 0.2) is 33.4 Å². The van der Waals surface area contributed by atoms with Crippen LogP contribution in [0.5, 0.6) is 0 Å². The summed E-state index contributed by atoms with van der Waals surface area (Å²) in [7, 11) is 0. The van der Waals surface area contributed by atoms with Gasteiger partial charge in [0.1, 0.15) is 5.69 Å². The van der Waals surface area contributed by atoms with E-state index < -0.39 is 0 Å². The Hall–Kier alpha value is -2.67. The summed E-state index contributed by atoms with van der Waals surface area (Å²) in [5.41, 5.74) is 8.63. The van der Waals surface area contributed by atoms with Gasteiger partial charge in [0.2, 0.25) is 0 Å². The highest BCUT2D eigenvalue weighted by Crippen LogP contribution is 2.44. The third-order valence-electron chi connectivity index (χ3n) is 6.89. The zero-order chi connectivity index (χ0) is 19.5. The molecule has 7 nitrogen and oxygen atoms in total. The number of nitrogens with zero attached hydrogens (tertiary/aromatic N) is 2. The first-order chi connectivity index (χ1) is 14.2. The van der Waals surface area contributed by atoms with E-state index in [-0.39, 0.29) is 18.0 Å². The van der Waals surface area contributed by atoms with Crippen molar-refractivity contribution in [3.05, 3.63) is 35.7 Å². The minimum Gasteiger partial charge on any atom is -0.463 e. The molecule has 1 amide bonds. The number of hydrogen-bond donors (Lipinski definition) is 2. The molecule has 3 N–H and O–H groups in total. The van der Waals surface area contributed by atoms with Crippen molar-refractivity contribution in [1.29, 1.82) is 0 Å². The van der Waals surface area contributed by atoms with Crippen LogP contribution in [-0.2, 0) is 0 Å². The van der Waals surface area contributed by atoms with Crippen molar-refractivity contribution in [2.24, 2.45) is 17.6 Å². The van der Waals surface area contributed by atoms with E-state index in [9.17, 15) is 4.79 Å². The molecule has 3 aromatic rings. The Balaban J connectivity index is 1.40. The number of amides is 1. The van der Waals surface area contributed by atoms with Crippen LogP contribution in [0.4, 0.5) is 0 Å². The predicted octanol–water partition coefficient (Wildman–Crippen LogP) is 3.61. The summed E-state index contributed by atoms with van der Waals surface area (Å²) < 4.78 is 11.0. The van der Waals surface area contributed by atoms with Gasteiger partial charge in [-0.2, -0.15) is 0 Å². The van der Waals surface area contributed by atoms with Crippen molar-refractivity contribution in [3.8, 4) is 11.5 Å². The highest BCUT2D eigenvalue weighted by atomic mass is 16.5. The first-order valence-electron chi connectivity index (χ1n) is 10.6. The molecule has 2 atom stereocenters. The Bertz CT molecular complexity index is 1060. The van der Waals surface area contributed by atoms with Crippen LogP contribution >= 0.6 is 0 Å². The summed E-state index contributed by atoms with van der Waals surface area (Å²) in [5, 5.41) is 8.34. The van der Waals surface area contributed by atoms with Crippen molar-refractivity contribution < 1.29 is 13.7 Å². The number of nitrogens with two attached hydrogens (primary N) is 1. The van der Waals surface area contributed by atoms with Crippen LogP contribution in [0.1, 0.15) is 60.5 Å². The Labute approximate surface area is 168 Å². The molecule has 0 radical (unpaired) electrons. The van der Waals surface area contributed by atoms with Crippen molar-refractivity contribution in [1.82, 2.24) is 15.5 Å². The maximum Gasteiger partial charge on any atom is 0.259 e. The van der Waals surface area contributed by atoms with Gasteiger partial charge in [-0.1, -0.05) is 5.16 Å². The van der Waals surface area contributed by atoms with Gasteiger partial charge in [-0.05, 0) is 68.6 Å². The van der Waals surface area contributed by atoms with E-state index in [1.54, 1.807) is 12.3 Å². The first-order valence-corrected chi connectivity index (χ1v) is 10.6.